The van der Waals surface area contributed by atoms with Crippen LogP contribution in [-0.4, -0.2) is 0 Å². The molecule has 0 aromatic carbocycles. The van der Waals surface area contributed by atoms with E-state index in [0.717, 1.165) is 34.5 Å². The Bertz CT molecular complexity index is 1320. The number of hydrogen-bond acceptors (Lipinski definition) is 0. The summed E-state index contributed by atoms with van der Waals surface area (Å²) < 4.78 is 7.68. The summed E-state index contributed by atoms with van der Waals surface area (Å²) in [6, 6.07) is 0. The molecule has 0 saturated carbocycles. The van der Waals surface area contributed by atoms with Crippen molar-refractivity contribution in [1.29, 1.82) is 0 Å². The van der Waals surface area contributed by atoms with Crippen molar-refractivity contribution in [2.45, 2.75) is 202 Å². The van der Waals surface area contributed by atoms with Crippen LogP contribution in [0.3, 0.4) is 0 Å². The summed E-state index contributed by atoms with van der Waals surface area (Å²) in [7, 11) is 0. The third kappa shape index (κ3) is 0.311. The normalized spacial score (nSPS) is 79.1. The van der Waals surface area contributed by atoms with Crippen LogP contribution in [0.15, 0.2) is 0 Å². The van der Waals surface area contributed by atoms with Crippen molar-refractivity contribution in [2.75, 3.05) is 0 Å². The van der Waals surface area contributed by atoms with Gasteiger partial charge in [-0.15, -0.1) is 0 Å². The van der Waals surface area contributed by atoms with Crippen LogP contribution in [0.4, 0.5) is 0 Å². The summed E-state index contributed by atoms with van der Waals surface area (Å²) in [4.78, 5) is 2.73. The van der Waals surface area contributed by atoms with Gasteiger partial charge in [-0.2, -0.15) is 0 Å². The van der Waals surface area contributed by atoms with E-state index in [4.69, 9.17) is 0 Å². The van der Waals surface area contributed by atoms with Gasteiger partial charge in [-0.25, -0.2) is 0 Å². The van der Waals surface area contributed by atoms with Crippen molar-refractivity contribution >= 4 is 0 Å². The first-order valence-electron chi connectivity index (χ1n) is 17.0. The Morgan fingerprint density at radius 1 is 0.371 bits per heavy atom. The van der Waals surface area contributed by atoms with E-state index >= 15 is 0 Å². The van der Waals surface area contributed by atoms with Crippen molar-refractivity contribution < 1.29 is 6.51 Å². The molecule has 1 heteroatoms. The first-order chi connectivity index (χ1) is 16.8. The monoisotopic (exact) mass is 522 g/mol. The van der Waals surface area contributed by atoms with E-state index < -0.39 is 6.51 Å². The first kappa shape index (κ1) is 21.4. The van der Waals surface area contributed by atoms with Gasteiger partial charge in [0.2, 0.25) is 0 Å². The van der Waals surface area contributed by atoms with Crippen molar-refractivity contribution in [3.63, 3.8) is 0 Å². The maximum atomic E-state index is 2.63. The number of hydrogen-bond donors (Lipinski definition) is 0. The zero-order valence-corrected chi connectivity index (χ0v) is 25.9. The molecular weight excluding hydrogens is 464 g/mol. The molecule has 4 unspecified atom stereocenters. The Kier molecular flexibility index (Phi) is 1.77. The second-order valence-electron chi connectivity index (χ2n) is 17.4. The van der Waals surface area contributed by atoms with Crippen LogP contribution >= 0.6 is 0 Å². The third-order valence-electron chi connectivity index (χ3n) is 23.1. The van der Waals surface area contributed by atoms with Gasteiger partial charge in [0.05, 0.1) is 0 Å². The topological polar surface area (TPSA) is 0 Å². The van der Waals surface area contributed by atoms with Gasteiger partial charge < -0.3 is 0 Å². The Labute approximate surface area is 208 Å². The summed E-state index contributed by atoms with van der Waals surface area (Å²) in [5.74, 6) is 0. The SMILES string of the molecule is CCC[C]12[CH]3[C]4(CCC)[C]5(CCC)[CH]1[Fe]32451678[C]2(CCC)[C]1(CCC)[C]6(CCC)[C]7(CCC)[C]28CCC. The van der Waals surface area contributed by atoms with Gasteiger partial charge >= 0.3 is 209 Å². The minimum atomic E-state index is -4.33. The summed E-state index contributed by atoms with van der Waals surface area (Å²) >= 11 is 0. The summed E-state index contributed by atoms with van der Waals surface area (Å²) in [5.41, 5.74) is 0. The zero-order valence-electron chi connectivity index (χ0n) is 24.8. The van der Waals surface area contributed by atoms with Crippen LogP contribution in [0, 0.1) is 0 Å². The van der Waals surface area contributed by atoms with Crippen molar-refractivity contribution in [1.82, 2.24) is 0 Å². The molecule has 0 N–H and O–H groups in total. The molecule has 10 rings (SSSR count). The van der Waals surface area contributed by atoms with Gasteiger partial charge in [-0.05, 0) is 0 Å². The van der Waals surface area contributed by atoms with E-state index in [9.17, 15) is 0 Å². The molecule has 4 atom stereocenters. The Morgan fingerprint density at radius 3 is 0.857 bits per heavy atom. The molecule has 0 aromatic heterocycles. The molecule has 0 amide bonds. The van der Waals surface area contributed by atoms with E-state index in [0.29, 0.717) is 0 Å². The van der Waals surface area contributed by atoms with Gasteiger partial charge in [0.15, 0.2) is 0 Å². The van der Waals surface area contributed by atoms with Crippen molar-refractivity contribution in [3.8, 4) is 0 Å². The van der Waals surface area contributed by atoms with Gasteiger partial charge in [-0.1, -0.05) is 0 Å². The van der Waals surface area contributed by atoms with Crippen LogP contribution in [0.1, 0.15) is 158 Å². The molecular formula is C34H58Fe. The number of rotatable bonds is 16. The molecule has 10 saturated heterocycles. The van der Waals surface area contributed by atoms with Gasteiger partial charge in [0, 0.05) is 0 Å². The first-order valence-corrected chi connectivity index (χ1v) is 22.7. The fourth-order valence-corrected chi connectivity index (χ4v) is 128. The van der Waals surface area contributed by atoms with Gasteiger partial charge in [0.1, 0.15) is 0 Å². The molecule has 202 valence electrons. The molecule has 0 nitrogen and oxygen atoms in total. The Morgan fingerprint density at radius 2 is 0.629 bits per heavy atom. The van der Waals surface area contributed by atoms with Gasteiger partial charge in [-0.3, -0.25) is 0 Å². The Balaban J connectivity index is 1.50. The second-order valence-corrected chi connectivity index (χ2v) is 39.6. The summed E-state index contributed by atoms with van der Waals surface area (Å²) in [5, 5.41) is 0. The minimum absolute atomic E-state index is 0.953. The fourth-order valence-electron chi connectivity index (χ4n) is 31.2. The quantitative estimate of drug-likeness (QED) is 0.177. The molecule has 10 aliphatic heterocycles. The molecule has 10 heterocycles. The summed E-state index contributed by atoms with van der Waals surface area (Å²) in [6.45, 7) is 16.7. The molecule has 1 spiro atoms. The van der Waals surface area contributed by atoms with Crippen molar-refractivity contribution in [2.24, 2.45) is 0 Å². The zero-order chi connectivity index (χ0) is 24.8. The predicted molar refractivity (Wildman–Crippen MR) is 148 cm³/mol. The number of fused-ring (bicyclic) bond motifs is 10. The molecule has 0 aliphatic carbocycles. The van der Waals surface area contributed by atoms with Gasteiger partial charge in [0.25, 0.3) is 0 Å². The van der Waals surface area contributed by atoms with E-state index in [1.54, 1.807) is 51.4 Å². The van der Waals surface area contributed by atoms with Crippen LogP contribution in [0.25, 0.3) is 0 Å². The fraction of sp³-hybridized carbons (Fsp3) is 1.00. The van der Waals surface area contributed by atoms with Crippen molar-refractivity contribution in [3.05, 3.63) is 0 Å². The average Bonchev–Trinajstić information content (AvgIpc) is 3.79. The average molecular weight is 523 g/mol. The van der Waals surface area contributed by atoms with Crippen LogP contribution < -0.4 is 0 Å². The molecule has 10 fully saturated rings. The second kappa shape index (κ2) is 2.91. The van der Waals surface area contributed by atoms with E-state index in [1.165, 1.54) is 61.0 Å². The Hall–Kier alpha value is 0.519. The third-order valence-corrected chi connectivity index (χ3v) is 73.2. The molecule has 0 radical (unpaired) electrons. The van der Waals surface area contributed by atoms with E-state index in [2.05, 4.69) is 55.4 Å². The maximum absolute atomic E-state index is 4.33. The van der Waals surface area contributed by atoms with Crippen LogP contribution in [0.2, 0.25) is 44.1 Å². The molecule has 10 aliphatic rings. The standard InChI is InChI=1S/C20H35.C14H23.Fe/c1-6-11-16-17(12-7-2)19(14-9-4)20(15-10-5)18(16)13-8-3;1-4-7-12-10-13(8-5-2)14(11-12)9-6-3;/h6-15H2,1-5H3;10-11H,4-9H2,1-3H3;. The predicted octanol–water partition coefficient (Wildman–Crippen LogP) is 12.7. The van der Waals surface area contributed by atoms with E-state index in [-0.39, 0.29) is 0 Å². The molecule has 0 bridgehead atoms. The summed E-state index contributed by atoms with van der Waals surface area (Å²) in [6.07, 6.45) is 25.8. The molecule has 0 aromatic rings. The molecule has 35 heavy (non-hydrogen) atoms. The van der Waals surface area contributed by atoms with Crippen LogP contribution in [-0.2, 0) is 6.51 Å². The van der Waals surface area contributed by atoms with E-state index in [1.807, 2.05) is 0 Å². The van der Waals surface area contributed by atoms with Crippen LogP contribution in [0.5, 0.6) is 0 Å².